The largest absolute Gasteiger partial charge is 0.339 e. The van der Waals surface area contributed by atoms with Crippen LogP contribution >= 0.6 is 11.6 Å². The molecule has 1 saturated heterocycles. The van der Waals surface area contributed by atoms with E-state index < -0.39 is 0 Å². The first kappa shape index (κ1) is 17.7. The number of rotatable bonds is 4. The van der Waals surface area contributed by atoms with Crippen molar-refractivity contribution in [1.29, 1.82) is 0 Å². The molecule has 1 aromatic carbocycles. The van der Waals surface area contributed by atoms with Crippen molar-refractivity contribution in [2.24, 2.45) is 0 Å². The van der Waals surface area contributed by atoms with Crippen LogP contribution in [-0.2, 0) is 6.54 Å². The number of likely N-dealkylation sites (tertiary alicyclic amines) is 1. The first-order valence-electron chi connectivity index (χ1n) is 9.15. The van der Waals surface area contributed by atoms with E-state index in [1.54, 1.807) is 18.3 Å². The first-order valence-corrected chi connectivity index (χ1v) is 9.53. The number of hydrogen-bond donors (Lipinski definition) is 0. The Kier molecular flexibility index (Phi) is 5.21. The molecule has 1 aliphatic rings. The number of carbonyl (C=O) groups excluding carboxylic acids is 1. The van der Waals surface area contributed by atoms with Crippen molar-refractivity contribution in [3.05, 3.63) is 83.2 Å². The Balaban J connectivity index is 1.41. The van der Waals surface area contributed by atoms with Crippen LogP contribution in [0.5, 0.6) is 0 Å². The average Bonchev–Trinajstić information content (AvgIpc) is 3.16. The SMILES string of the molecule is O=C(c1cccc(Cl)c1)N1CCC(c2nccn2Cc2cccnc2)CC1. The van der Waals surface area contributed by atoms with Gasteiger partial charge in [-0.3, -0.25) is 9.78 Å². The van der Waals surface area contributed by atoms with Crippen LogP contribution < -0.4 is 0 Å². The zero-order chi connectivity index (χ0) is 18.6. The van der Waals surface area contributed by atoms with E-state index in [9.17, 15) is 4.79 Å². The van der Waals surface area contributed by atoms with Gasteiger partial charge in [0.05, 0.1) is 6.54 Å². The summed E-state index contributed by atoms with van der Waals surface area (Å²) in [5, 5.41) is 0.591. The number of imidazole rings is 1. The smallest absolute Gasteiger partial charge is 0.253 e. The van der Waals surface area contributed by atoms with Gasteiger partial charge in [0.1, 0.15) is 5.82 Å². The van der Waals surface area contributed by atoms with Gasteiger partial charge in [0, 0.05) is 54.4 Å². The third-order valence-corrected chi connectivity index (χ3v) is 5.28. The number of aromatic nitrogens is 3. The van der Waals surface area contributed by atoms with Gasteiger partial charge in [0.25, 0.3) is 5.91 Å². The molecule has 0 atom stereocenters. The fourth-order valence-corrected chi connectivity index (χ4v) is 3.84. The fraction of sp³-hybridized carbons (Fsp3) is 0.286. The monoisotopic (exact) mass is 380 g/mol. The molecule has 0 aliphatic carbocycles. The quantitative estimate of drug-likeness (QED) is 0.687. The zero-order valence-corrected chi connectivity index (χ0v) is 15.7. The predicted molar refractivity (Wildman–Crippen MR) is 105 cm³/mol. The molecule has 1 amide bonds. The number of nitrogens with zero attached hydrogens (tertiary/aromatic N) is 4. The Hall–Kier alpha value is -2.66. The molecule has 0 N–H and O–H groups in total. The lowest BCUT2D eigenvalue weighted by Crippen LogP contribution is -2.38. The summed E-state index contributed by atoms with van der Waals surface area (Å²) in [6.45, 7) is 2.23. The van der Waals surface area contributed by atoms with Gasteiger partial charge < -0.3 is 9.47 Å². The van der Waals surface area contributed by atoms with Gasteiger partial charge in [-0.05, 0) is 42.7 Å². The molecule has 6 heteroatoms. The van der Waals surface area contributed by atoms with Gasteiger partial charge in [-0.2, -0.15) is 0 Å². The Morgan fingerprint density at radius 3 is 2.74 bits per heavy atom. The van der Waals surface area contributed by atoms with Crippen LogP contribution in [0, 0.1) is 0 Å². The van der Waals surface area contributed by atoms with Crippen LogP contribution in [0.4, 0.5) is 0 Å². The number of amides is 1. The highest BCUT2D eigenvalue weighted by Gasteiger charge is 2.27. The molecule has 0 spiro atoms. The van der Waals surface area contributed by atoms with E-state index in [2.05, 4.69) is 20.6 Å². The lowest BCUT2D eigenvalue weighted by atomic mass is 9.95. The number of halogens is 1. The van der Waals surface area contributed by atoms with Crippen LogP contribution in [0.1, 0.15) is 40.5 Å². The summed E-state index contributed by atoms with van der Waals surface area (Å²) in [6.07, 6.45) is 9.37. The first-order chi connectivity index (χ1) is 13.2. The van der Waals surface area contributed by atoms with E-state index >= 15 is 0 Å². The van der Waals surface area contributed by atoms with Gasteiger partial charge in [-0.1, -0.05) is 23.7 Å². The maximum absolute atomic E-state index is 12.7. The number of carbonyl (C=O) groups is 1. The molecule has 0 bridgehead atoms. The highest BCUT2D eigenvalue weighted by molar-refractivity contribution is 6.30. The fourth-order valence-electron chi connectivity index (χ4n) is 3.65. The summed E-state index contributed by atoms with van der Waals surface area (Å²) in [6, 6.07) is 11.2. The minimum Gasteiger partial charge on any atom is -0.339 e. The number of hydrogen-bond acceptors (Lipinski definition) is 3. The molecule has 3 aromatic rings. The highest BCUT2D eigenvalue weighted by atomic mass is 35.5. The molecule has 2 aromatic heterocycles. The minimum atomic E-state index is 0.0506. The molecular formula is C21H21ClN4O. The molecule has 0 saturated carbocycles. The molecule has 1 fully saturated rings. The lowest BCUT2D eigenvalue weighted by molar-refractivity contribution is 0.0710. The lowest BCUT2D eigenvalue weighted by Gasteiger charge is -2.32. The Labute approximate surface area is 163 Å². The standard InChI is InChI=1S/C21H21ClN4O/c22-19-5-1-4-18(13-19)21(27)25-10-6-17(7-11-25)20-24-9-12-26(20)15-16-3-2-8-23-14-16/h1-5,8-9,12-14,17H,6-7,10-11,15H2. The summed E-state index contributed by atoms with van der Waals surface area (Å²) in [5.41, 5.74) is 1.81. The van der Waals surface area contributed by atoms with Crippen molar-refractivity contribution in [1.82, 2.24) is 19.4 Å². The number of piperidine rings is 1. The highest BCUT2D eigenvalue weighted by Crippen LogP contribution is 2.28. The Bertz CT molecular complexity index is 917. The second-order valence-corrected chi connectivity index (χ2v) is 7.29. The van der Waals surface area contributed by atoms with Crippen LogP contribution in [0.15, 0.2) is 61.2 Å². The van der Waals surface area contributed by atoms with Crippen LogP contribution in [0.3, 0.4) is 0 Å². The van der Waals surface area contributed by atoms with Gasteiger partial charge in [0.15, 0.2) is 0 Å². The Morgan fingerprint density at radius 2 is 2.00 bits per heavy atom. The van der Waals surface area contributed by atoms with Crippen LogP contribution in [0.2, 0.25) is 5.02 Å². The molecular weight excluding hydrogens is 360 g/mol. The van der Waals surface area contributed by atoms with Crippen molar-refractivity contribution in [3.63, 3.8) is 0 Å². The predicted octanol–water partition coefficient (Wildman–Crippen LogP) is 4.00. The van der Waals surface area contributed by atoms with Crippen molar-refractivity contribution in [2.75, 3.05) is 13.1 Å². The van der Waals surface area contributed by atoms with E-state index in [4.69, 9.17) is 11.6 Å². The summed E-state index contributed by atoms with van der Waals surface area (Å²) in [4.78, 5) is 23.4. The van der Waals surface area contributed by atoms with Crippen molar-refractivity contribution in [3.8, 4) is 0 Å². The van der Waals surface area contributed by atoms with Gasteiger partial charge in [-0.25, -0.2) is 4.98 Å². The van der Waals surface area contributed by atoms with Crippen molar-refractivity contribution >= 4 is 17.5 Å². The summed E-state index contributed by atoms with van der Waals surface area (Å²) in [7, 11) is 0. The number of pyridine rings is 1. The third-order valence-electron chi connectivity index (χ3n) is 5.04. The minimum absolute atomic E-state index is 0.0506. The number of benzene rings is 1. The molecule has 0 unspecified atom stereocenters. The molecule has 5 nitrogen and oxygen atoms in total. The summed E-state index contributed by atoms with van der Waals surface area (Å²) >= 11 is 6.02. The maximum Gasteiger partial charge on any atom is 0.253 e. The van der Waals surface area contributed by atoms with E-state index in [0.29, 0.717) is 16.5 Å². The van der Waals surface area contributed by atoms with E-state index in [-0.39, 0.29) is 5.91 Å². The molecule has 0 radical (unpaired) electrons. The zero-order valence-electron chi connectivity index (χ0n) is 15.0. The van der Waals surface area contributed by atoms with Gasteiger partial charge >= 0.3 is 0 Å². The summed E-state index contributed by atoms with van der Waals surface area (Å²) in [5.74, 6) is 1.50. The van der Waals surface area contributed by atoms with E-state index in [1.165, 1.54) is 0 Å². The average molecular weight is 381 g/mol. The summed E-state index contributed by atoms with van der Waals surface area (Å²) < 4.78 is 2.19. The van der Waals surface area contributed by atoms with E-state index in [0.717, 1.165) is 43.9 Å². The second-order valence-electron chi connectivity index (χ2n) is 6.85. The molecule has 1 aliphatic heterocycles. The maximum atomic E-state index is 12.7. The second kappa shape index (κ2) is 7.92. The molecule has 27 heavy (non-hydrogen) atoms. The Morgan fingerprint density at radius 1 is 1.15 bits per heavy atom. The van der Waals surface area contributed by atoms with Crippen LogP contribution in [0.25, 0.3) is 0 Å². The van der Waals surface area contributed by atoms with E-state index in [1.807, 2.05) is 41.7 Å². The van der Waals surface area contributed by atoms with Crippen molar-refractivity contribution in [2.45, 2.75) is 25.3 Å². The molecule has 3 heterocycles. The van der Waals surface area contributed by atoms with Crippen molar-refractivity contribution < 1.29 is 4.79 Å². The van der Waals surface area contributed by atoms with Crippen LogP contribution in [-0.4, -0.2) is 38.4 Å². The normalized spacial score (nSPS) is 15.1. The molecule has 138 valence electrons. The van der Waals surface area contributed by atoms with Gasteiger partial charge in [0.2, 0.25) is 0 Å². The molecule has 4 rings (SSSR count). The topological polar surface area (TPSA) is 51.0 Å². The third kappa shape index (κ3) is 4.03. The van der Waals surface area contributed by atoms with Gasteiger partial charge in [-0.15, -0.1) is 0 Å².